The Balaban J connectivity index is 1.86. The van der Waals surface area contributed by atoms with Gasteiger partial charge in [0.25, 0.3) is 5.91 Å². The minimum Gasteiger partial charge on any atom is -0.322 e. The van der Waals surface area contributed by atoms with Crippen molar-refractivity contribution in [2.45, 2.75) is 39.9 Å². The van der Waals surface area contributed by atoms with Crippen molar-refractivity contribution in [2.75, 3.05) is 18.4 Å². The van der Waals surface area contributed by atoms with Crippen LogP contribution in [0.2, 0.25) is 0 Å². The monoisotopic (exact) mass is 400 g/mol. The minimum atomic E-state index is -0.452. The van der Waals surface area contributed by atoms with Gasteiger partial charge in [0.15, 0.2) is 11.8 Å². The van der Waals surface area contributed by atoms with Crippen molar-refractivity contribution in [1.82, 2.24) is 4.90 Å². The molecule has 0 saturated carbocycles. The van der Waals surface area contributed by atoms with E-state index in [1.165, 1.54) is 21.2 Å². The zero-order chi connectivity index (χ0) is 20.6. The molecule has 0 fully saturated rings. The highest BCUT2D eigenvalue weighted by Gasteiger charge is 2.49. The third kappa shape index (κ3) is 3.90. The van der Waals surface area contributed by atoms with Gasteiger partial charge in [-0.25, -0.2) is 4.79 Å². The van der Waals surface area contributed by atoms with Crippen LogP contribution >= 0.6 is 11.8 Å². The van der Waals surface area contributed by atoms with Crippen LogP contribution in [-0.2, 0) is 9.59 Å². The summed E-state index contributed by atoms with van der Waals surface area (Å²) in [5.74, 6) is -0.327. The number of nitrogens with one attached hydrogen (secondary N) is 1. The van der Waals surface area contributed by atoms with Gasteiger partial charge in [0.05, 0.1) is 6.54 Å². The molecule has 0 radical (unpaired) electrons. The molecular formula is C21H26N3O3S+. The summed E-state index contributed by atoms with van der Waals surface area (Å²) in [5.41, 5.74) is 4.46. The van der Waals surface area contributed by atoms with E-state index < -0.39 is 11.3 Å². The third-order valence-corrected chi connectivity index (χ3v) is 5.79. The van der Waals surface area contributed by atoms with Gasteiger partial charge in [-0.3, -0.25) is 4.79 Å². The Morgan fingerprint density at radius 3 is 2.46 bits per heavy atom. The fraction of sp³-hybridized carbons (Fsp3) is 0.429. The SMILES string of the molecule is Cc1cc(C)c(NC(=O)C[N+]2=C3C=CSC3C(=O)N(CC(C)C)C2=O)c(C)c1. The van der Waals surface area contributed by atoms with E-state index in [0.717, 1.165) is 22.4 Å². The predicted octanol–water partition coefficient (Wildman–Crippen LogP) is 3.25. The number of rotatable bonds is 5. The van der Waals surface area contributed by atoms with E-state index in [4.69, 9.17) is 0 Å². The first kappa shape index (κ1) is 20.3. The molecule has 1 N–H and O–H groups in total. The molecule has 2 aliphatic heterocycles. The van der Waals surface area contributed by atoms with Gasteiger partial charge >= 0.3 is 11.9 Å². The largest absolute Gasteiger partial charge is 0.501 e. The first-order valence-electron chi connectivity index (χ1n) is 9.38. The number of carbonyl (C=O) groups excluding carboxylic acids is 3. The third-order valence-electron chi connectivity index (χ3n) is 4.78. The van der Waals surface area contributed by atoms with E-state index >= 15 is 0 Å². The number of thioether (sulfide) groups is 1. The van der Waals surface area contributed by atoms with Gasteiger partial charge in [0, 0.05) is 5.69 Å². The number of benzene rings is 1. The zero-order valence-electron chi connectivity index (χ0n) is 16.9. The molecule has 148 valence electrons. The van der Waals surface area contributed by atoms with E-state index in [9.17, 15) is 14.4 Å². The molecule has 6 nitrogen and oxygen atoms in total. The summed E-state index contributed by atoms with van der Waals surface area (Å²) < 4.78 is 1.43. The number of amides is 4. The molecule has 4 amide bonds. The number of imide groups is 1. The lowest BCUT2D eigenvalue weighted by atomic mass is 10.1. The molecule has 7 heteroatoms. The molecule has 0 saturated heterocycles. The van der Waals surface area contributed by atoms with Crippen LogP contribution in [0.15, 0.2) is 23.6 Å². The van der Waals surface area contributed by atoms with Crippen LogP contribution in [0.25, 0.3) is 0 Å². The lowest BCUT2D eigenvalue weighted by Gasteiger charge is -2.25. The zero-order valence-corrected chi connectivity index (χ0v) is 17.7. The van der Waals surface area contributed by atoms with Crippen LogP contribution in [0.5, 0.6) is 0 Å². The Bertz CT molecular complexity index is 894. The van der Waals surface area contributed by atoms with Gasteiger partial charge < -0.3 is 5.32 Å². The second-order valence-corrected chi connectivity index (χ2v) is 8.79. The molecule has 0 spiro atoms. The maximum atomic E-state index is 13.0. The van der Waals surface area contributed by atoms with Crippen LogP contribution in [0, 0.1) is 26.7 Å². The highest BCUT2D eigenvalue weighted by atomic mass is 32.2. The number of hydrogen-bond acceptors (Lipinski definition) is 4. The van der Waals surface area contributed by atoms with Crippen molar-refractivity contribution in [1.29, 1.82) is 0 Å². The number of fused-ring (bicyclic) bond motifs is 1. The summed E-state index contributed by atoms with van der Waals surface area (Å²) in [4.78, 5) is 39.7. The average Bonchev–Trinajstić information content (AvgIpc) is 3.08. The summed E-state index contributed by atoms with van der Waals surface area (Å²) in [5, 5.41) is 4.30. The molecule has 28 heavy (non-hydrogen) atoms. The van der Waals surface area contributed by atoms with Crippen molar-refractivity contribution in [3.63, 3.8) is 0 Å². The lowest BCUT2D eigenvalue weighted by molar-refractivity contribution is -0.426. The topological polar surface area (TPSA) is 69.5 Å². The Hall–Kier alpha value is -2.41. The van der Waals surface area contributed by atoms with Crippen molar-refractivity contribution >= 4 is 41.0 Å². The second-order valence-electron chi connectivity index (χ2n) is 7.78. The van der Waals surface area contributed by atoms with E-state index in [1.54, 1.807) is 6.08 Å². The molecule has 1 aromatic rings. The molecule has 1 unspecified atom stereocenters. The smallest absolute Gasteiger partial charge is 0.322 e. The van der Waals surface area contributed by atoms with Crippen molar-refractivity contribution in [3.05, 3.63) is 40.3 Å². The first-order chi connectivity index (χ1) is 13.2. The van der Waals surface area contributed by atoms with Gasteiger partial charge in [-0.15, -0.1) is 11.8 Å². The van der Waals surface area contributed by atoms with Crippen LogP contribution in [0.3, 0.4) is 0 Å². The summed E-state index contributed by atoms with van der Waals surface area (Å²) in [7, 11) is 0. The van der Waals surface area contributed by atoms with Crippen LogP contribution in [-0.4, -0.2) is 51.4 Å². The quantitative estimate of drug-likeness (QED) is 0.771. The molecule has 2 aliphatic rings. The number of hydrogen-bond donors (Lipinski definition) is 1. The average molecular weight is 401 g/mol. The van der Waals surface area contributed by atoms with E-state index in [0.29, 0.717) is 12.3 Å². The van der Waals surface area contributed by atoms with Crippen LogP contribution in [0.1, 0.15) is 30.5 Å². The maximum Gasteiger partial charge on any atom is 0.501 e. The standard InChI is InChI=1S/C21H25N3O3S/c1-12(2)10-24-20(26)19-16(6-7-28-19)23(21(24)27)11-17(25)22-18-14(4)8-13(3)9-15(18)5/h6-9,12,19H,10-11H2,1-5H3/p+1. The maximum absolute atomic E-state index is 13.0. The van der Waals surface area contributed by atoms with Gasteiger partial charge in [-0.2, -0.15) is 14.3 Å². The van der Waals surface area contributed by atoms with E-state index in [1.807, 2.05) is 52.2 Å². The van der Waals surface area contributed by atoms with Gasteiger partial charge in [-0.1, -0.05) is 31.5 Å². The van der Waals surface area contributed by atoms with E-state index in [-0.39, 0.29) is 24.3 Å². The number of anilines is 1. The number of carbonyl (C=O) groups is 3. The highest BCUT2D eigenvalue weighted by molar-refractivity contribution is 8.04. The van der Waals surface area contributed by atoms with Gasteiger partial charge in [0.2, 0.25) is 0 Å². The number of nitrogens with zero attached hydrogens (tertiary/aromatic N) is 2. The molecule has 1 aromatic carbocycles. The Morgan fingerprint density at radius 1 is 1.21 bits per heavy atom. The molecule has 1 atom stereocenters. The fourth-order valence-electron chi connectivity index (χ4n) is 3.64. The molecule has 3 rings (SSSR count). The molecule has 0 bridgehead atoms. The van der Waals surface area contributed by atoms with Gasteiger partial charge in [0.1, 0.15) is 5.71 Å². The fourth-order valence-corrected chi connectivity index (χ4v) is 4.61. The molecule has 0 aliphatic carbocycles. The van der Waals surface area contributed by atoms with Crippen LogP contribution in [0.4, 0.5) is 10.5 Å². The highest BCUT2D eigenvalue weighted by Crippen LogP contribution is 2.28. The Kier molecular flexibility index (Phi) is 5.74. The molecular weight excluding hydrogens is 374 g/mol. The normalized spacial score (nSPS) is 18.9. The molecule has 0 aromatic heterocycles. The number of allylic oxidation sites excluding steroid dienone is 1. The second kappa shape index (κ2) is 7.91. The lowest BCUT2D eigenvalue weighted by Crippen LogP contribution is -2.57. The van der Waals surface area contributed by atoms with Gasteiger partial charge in [-0.05, 0) is 49.3 Å². The minimum absolute atomic E-state index is 0.121. The van der Waals surface area contributed by atoms with Crippen molar-refractivity contribution in [2.24, 2.45) is 5.92 Å². The number of aryl methyl sites for hydroxylation is 3. The Morgan fingerprint density at radius 2 is 1.86 bits per heavy atom. The van der Waals surface area contributed by atoms with Crippen molar-refractivity contribution in [3.8, 4) is 0 Å². The van der Waals surface area contributed by atoms with Crippen molar-refractivity contribution < 1.29 is 19.0 Å². The molecule has 2 heterocycles. The summed E-state index contributed by atoms with van der Waals surface area (Å²) in [6, 6.07) is 3.60. The van der Waals surface area contributed by atoms with E-state index in [2.05, 4.69) is 5.32 Å². The van der Waals surface area contributed by atoms with Crippen LogP contribution < -0.4 is 5.32 Å². The number of urea groups is 1. The Labute approximate surface area is 169 Å². The first-order valence-corrected chi connectivity index (χ1v) is 10.3. The summed E-state index contributed by atoms with van der Waals surface area (Å²) in [6.45, 7) is 10.1. The summed E-state index contributed by atoms with van der Waals surface area (Å²) >= 11 is 1.37. The summed E-state index contributed by atoms with van der Waals surface area (Å²) in [6.07, 6.45) is 1.76. The predicted molar refractivity (Wildman–Crippen MR) is 112 cm³/mol.